The molecule has 0 radical (unpaired) electrons. The molecule has 166 valence electrons. The zero-order valence-electron chi connectivity index (χ0n) is 17.7. The van der Waals surface area contributed by atoms with E-state index in [0.717, 1.165) is 25.9 Å². The summed E-state index contributed by atoms with van der Waals surface area (Å²) >= 11 is 0. The third-order valence-corrected chi connectivity index (χ3v) is 8.89. The van der Waals surface area contributed by atoms with Gasteiger partial charge in [-0.3, -0.25) is 4.72 Å². The average Bonchev–Trinajstić information content (AvgIpc) is 3.32. The molecule has 0 atom stereocenters. The summed E-state index contributed by atoms with van der Waals surface area (Å²) in [4.78, 5) is 2.07. The zero-order chi connectivity index (χ0) is 22.1. The molecule has 0 amide bonds. The third kappa shape index (κ3) is 4.19. The Labute approximate surface area is 178 Å². The Balaban J connectivity index is 2.10. The number of rotatable bonds is 8. The summed E-state index contributed by atoms with van der Waals surface area (Å²) in [6.45, 7) is 8.82. The van der Waals surface area contributed by atoms with E-state index in [0.29, 0.717) is 18.8 Å². The van der Waals surface area contributed by atoms with Crippen LogP contribution in [0.1, 0.15) is 38.1 Å². The van der Waals surface area contributed by atoms with Crippen LogP contribution in [0.3, 0.4) is 0 Å². The lowest BCUT2D eigenvalue weighted by Crippen LogP contribution is -2.31. The Morgan fingerprint density at radius 1 is 1.10 bits per heavy atom. The quantitative estimate of drug-likeness (QED) is 0.650. The van der Waals surface area contributed by atoms with E-state index in [2.05, 4.69) is 14.8 Å². The molecule has 3 rings (SSSR count). The van der Waals surface area contributed by atoms with E-state index in [-0.39, 0.29) is 26.9 Å². The first kappa shape index (κ1) is 22.6. The van der Waals surface area contributed by atoms with Gasteiger partial charge in [-0.2, -0.15) is 4.31 Å². The van der Waals surface area contributed by atoms with Gasteiger partial charge in [0.25, 0.3) is 10.0 Å². The first-order valence-corrected chi connectivity index (χ1v) is 12.9. The van der Waals surface area contributed by atoms with Gasteiger partial charge in [0, 0.05) is 26.2 Å². The van der Waals surface area contributed by atoms with Crippen molar-refractivity contribution in [1.29, 1.82) is 0 Å². The van der Waals surface area contributed by atoms with Crippen molar-refractivity contribution in [2.45, 2.75) is 50.3 Å². The van der Waals surface area contributed by atoms with Crippen LogP contribution in [-0.4, -0.2) is 52.5 Å². The minimum Gasteiger partial charge on any atom is -0.370 e. The summed E-state index contributed by atoms with van der Waals surface area (Å²) in [6, 6.07) is 4.61. The molecule has 2 aromatic rings. The largest absolute Gasteiger partial charge is 0.370 e. The lowest BCUT2D eigenvalue weighted by molar-refractivity contribution is 0.390. The third-order valence-electron chi connectivity index (χ3n) is 5.24. The number of sulfonamides is 2. The van der Waals surface area contributed by atoms with Gasteiger partial charge in [0.15, 0.2) is 10.7 Å². The summed E-state index contributed by atoms with van der Waals surface area (Å²) in [5.41, 5.74) is 1.13. The predicted octanol–water partition coefficient (Wildman–Crippen LogP) is 2.72. The Morgan fingerprint density at radius 3 is 2.27 bits per heavy atom. The molecule has 9 nitrogen and oxygen atoms in total. The van der Waals surface area contributed by atoms with Crippen molar-refractivity contribution >= 4 is 31.4 Å². The highest BCUT2D eigenvalue weighted by molar-refractivity contribution is 7.92. The fourth-order valence-electron chi connectivity index (χ4n) is 3.76. The van der Waals surface area contributed by atoms with Crippen LogP contribution in [0.5, 0.6) is 0 Å². The molecule has 1 fully saturated rings. The van der Waals surface area contributed by atoms with Crippen LogP contribution in [0.15, 0.2) is 32.5 Å². The van der Waals surface area contributed by atoms with Crippen LogP contribution in [0.25, 0.3) is 0 Å². The van der Waals surface area contributed by atoms with Crippen LogP contribution in [0.4, 0.5) is 11.4 Å². The number of nitrogens with zero attached hydrogens (tertiary/aromatic N) is 3. The second-order valence-corrected chi connectivity index (χ2v) is 10.8. The SMILES string of the molecule is CCN(CC)S(=O)(=O)c1ccc(N2CCCC2)c(NS(=O)(=O)c2c(C)noc2C)c1. The molecule has 0 bridgehead atoms. The fourth-order valence-corrected chi connectivity index (χ4v) is 6.64. The van der Waals surface area contributed by atoms with E-state index in [1.807, 2.05) is 0 Å². The number of hydrogen-bond donors (Lipinski definition) is 1. The highest BCUT2D eigenvalue weighted by Crippen LogP contribution is 2.34. The van der Waals surface area contributed by atoms with Gasteiger partial charge in [0.1, 0.15) is 5.69 Å². The highest BCUT2D eigenvalue weighted by atomic mass is 32.2. The van der Waals surface area contributed by atoms with Crippen molar-refractivity contribution in [2.24, 2.45) is 0 Å². The molecule has 1 saturated heterocycles. The lowest BCUT2D eigenvalue weighted by atomic mass is 10.2. The summed E-state index contributed by atoms with van der Waals surface area (Å²) in [6.07, 6.45) is 1.99. The zero-order valence-corrected chi connectivity index (χ0v) is 19.3. The van der Waals surface area contributed by atoms with Crippen LogP contribution in [0.2, 0.25) is 0 Å². The second kappa shape index (κ2) is 8.56. The van der Waals surface area contributed by atoms with E-state index in [9.17, 15) is 16.8 Å². The minimum atomic E-state index is -4.02. The number of anilines is 2. The van der Waals surface area contributed by atoms with Gasteiger partial charge in [-0.05, 0) is 44.9 Å². The van der Waals surface area contributed by atoms with E-state index >= 15 is 0 Å². The topological polar surface area (TPSA) is 113 Å². The summed E-state index contributed by atoms with van der Waals surface area (Å²) in [5.74, 6) is 0.176. The van der Waals surface area contributed by atoms with Crippen molar-refractivity contribution in [2.75, 3.05) is 35.8 Å². The molecule has 11 heteroatoms. The van der Waals surface area contributed by atoms with E-state index < -0.39 is 20.0 Å². The maximum absolute atomic E-state index is 13.1. The van der Waals surface area contributed by atoms with Gasteiger partial charge in [-0.15, -0.1) is 0 Å². The Morgan fingerprint density at radius 2 is 1.73 bits per heavy atom. The maximum atomic E-state index is 13.1. The number of benzene rings is 1. The standard InChI is InChI=1S/C19H28N4O5S2/c1-5-23(6-2)30(26,27)16-9-10-18(22-11-7-8-12-22)17(13-16)21-29(24,25)19-14(3)20-28-15(19)4/h9-10,13,21H,5-8,11-12H2,1-4H3. The first-order valence-electron chi connectivity index (χ1n) is 9.96. The molecule has 0 unspecified atom stereocenters. The van der Waals surface area contributed by atoms with Crippen molar-refractivity contribution in [3.63, 3.8) is 0 Å². The Hall–Kier alpha value is -2.11. The number of hydrogen-bond acceptors (Lipinski definition) is 7. The van der Waals surface area contributed by atoms with Gasteiger partial charge in [0.05, 0.1) is 16.3 Å². The van der Waals surface area contributed by atoms with Gasteiger partial charge >= 0.3 is 0 Å². The molecule has 30 heavy (non-hydrogen) atoms. The molecule has 0 saturated carbocycles. The maximum Gasteiger partial charge on any atom is 0.267 e. The molecular weight excluding hydrogens is 428 g/mol. The Bertz CT molecular complexity index is 1100. The fraction of sp³-hybridized carbons (Fsp3) is 0.526. The van der Waals surface area contributed by atoms with Crippen molar-refractivity contribution in [3.8, 4) is 0 Å². The lowest BCUT2D eigenvalue weighted by Gasteiger charge is -2.24. The normalized spacial score (nSPS) is 15.2. The van der Waals surface area contributed by atoms with Gasteiger partial charge in [-0.1, -0.05) is 19.0 Å². The number of aromatic nitrogens is 1. The molecule has 1 aromatic heterocycles. The number of nitrogens with one attached hydrogen (secondary N) is 1. The predicted molar refractivity (Wildman–Crippen MR) is 115 cm³/mol. The molecular formula is C19H28N4O5S2. The number of aryl methyl sites for hydroxylation is 2. The average molecular weight is 457 g/mol. The van der Waals surface area contributed by atoms with E-state index in [4.69, 9.17) is 4.52 Å². The van der Waals surface area contributed by atoms with Gasteiger partial charge in [-0.25, -0.2) is 16.8 Å². The van der Waals surface area contributed by atoms with Crippen LogP contribution < -0.4 is 9.62 Å². The molecule has 1 aliphatic heterocycles. The van der Waals surface area contributed by atoms with Crippen molar-refractivity contribution < 1.29 is 21.4 Å². The molecule has 2 heterocycles. The summed E-state index contributed by atoms with van der Waals surface area (Å²) in [7, 11) is -7.76. The first-order chi connectivity index (χ1) is 14.1. The summed E-state index contributed by atoms with van der Waals surface area (Å²) in [5, 5.41) is 3.72. The second-order valence-electron chi connectivity index (χ2n) is 7.22. The van der Waals surface area contributed by atoms with Gasteiger partial charge < -0.3 is 9.42 Å². The molecule has 0 aliphatic carbocycles. The van der Waals surface area contributed by atoms with Crippen molar-refractivity contribution in [1.82, 2.24) is 9.46 Å². The molecule has 0 spiro atoms. The van der Waals surface area contributed by atoms with Crippen LogP contribution in [-0.2, 0) is 20.0 Å². The van der Waals surface area contributed by atoms with Crippen LogP contribution in [0, 0.1) is 13.8 Å². The van der Waals surface area contributed by atoms with Gasteiger partial charge in [0.2, 0.25) is 10.0 Å². The minimum absolute atomic E-state index is 0.0353. The molecule has 1 aromatic carbocycles. The van der Waals surface area contributed by atoms with E-state index in [1.54, 1.807) is 26.8 Å². The van der Waals surface area contributed by atoms with E-state index in [1.165, 1.54) is 23.4 Å². The van der Waals surface area contributed by atoms with Crippen LogP contribution >= 0.6 is 0 Å². The Kier molecular flexibility index (Phi) is 6.44. The molecule has 1 aliphatic rings. The smallest absolute Gasteiger partial charge is 0.267 e. The monoisotopic (exact) mass is 456 g/mol. The molecule has 1 N–H and O–H groups in total. The highest BCUT2D eigenvalue weighted by Gasteiger charge is 2.29. The van der Waals surface area contributed by atoms with Crippen molar-refractivity contribution in [3.05, 3.63) is 29.7 Å². The summed E-state index contributed by atoms with van der Waals surface area (Å²) < 4.78 is 61.1.